The number of hydrogen-bond donors (Lipinski definition) is 0. The van der Waals surface area contributed by atoms with Crippen molar-refractivity contribution in [3.05, 3.63) is 33.8 Å². The van der Waals surface area contributed by atoms with E-state index in [2.05, 4.69) is 39.0 Å². The molecule has 4 rings (SSSR count). The number of aryl methyl sites for hydroxylation is 1. The van der Waals surface area contributed by atoms with Gasteiger partial charge in [0.25, 0.3) is 0 Å². The Kier molecular flexibility index (Phi) is 3.82. The Balaban J connectivity index is 1.41. The normalized spacial score (nSPS) is 28.7. The number of rotatable bonds is 1. The largest absolute Gasteiger partial charge is 0.347 e. The molecule has 1 aromatic rings. The van der Waals surface area contributed by atoms with E-state index in [9.17, 15) is 0 Å². The van der Waals surface area contributed by atoms with Gasteiger partial charge in [-0.1, -0.05) is 22.0 Å². The number of fused-ring (bicyclic) bond motifs is 1. The Morgan fingerprint density at radius 3 is 2.62 bits per heavy atom. The Morgan fingerprint density at radius 2 is 1.86 bits per heavy atom. The summed E-state index contributed by atoms with van der Waals surface area (Å²) in [5.41, 5.74) is 3.06. The van der Waals surface area contributed by atoms with E-state index in [0.717, 1.165) is 39.1 Å². The van der Waals surface area contributed by atoms with Crippen molar-refractivity contribution in [2.75, 3.05) is 26.3 Å². The maximum atomic E-state index is 5.83. The molecule has 0 saturated carbocycles. The molecule has 0 bridgehead atoms. The van der Waals surface area contributed by atoms with E-state index in [1.807, 2.05) is 0 Å². The molecule has 2 heterocycles. The zero-order chi connectivity index (χ0) is 14.3. The molecule has 3 aliphatic rings. The van der Waals surface area contributed by atoms with Crippen LogP contribution in [-0.2, 0) is 22.3 Å². The van der Waals surface area contributed by atoms with Crippen LogP contribution in [-0.4, -0.2) is 43.0 Å². The zero-order valence-corrected chi connectivity index (χ0v) is 13.9. The third kappa shape index (κ3) is 2.79. The second-order valence-corrected chi connectivity index (χ2v) is 7.37. The first-order valence-electron chi connectivity index (χ1n) is 8.03. The summed E-state index contributed by atoms with van der Waals surface area (Å²) in [6.45, 7) is 3.75. The van der Waals surface area contributed by atoms with E-state index in [-0.39, 0.29) is 5.79 Å². The van der Waals surface area contributed by atoms with Crippen LogP contribution in [0.4, 0.5) is 0 Å². The molecule has 1 aliphatic carbocycles. The maximum absolute atomic E-state index is 5.83. The Morgan fingerprint density at radius 1 is 1.10 bits per heavy atom. The molecule has 2 aliphatic heterocycles. The SMILES string of the molecule is Brc1ccc2c(c1)CC[C@@H](N1CCC3(CC1)OCCO3)C2. The number of halogens is 1. The van der Waals surface area contributed by atoms with E-state index in [4.69, 9.17) is 9.47 Å². The summed E-state index contributed by atoms with van der Waals surface area (Å²) < 4.78 is 12.9. The highest BCUT2D eigenvalue weighted by Crippen LogP contribution is 2.34. The minimum absolute atomic E-state index is 0.242. The van der Waals surface area contributed by atoms with E-state index in [1.165, 1.54) is 34.9 Å². The fourth-order valence-electron chi connectivity index (χ4n) is 4.03. The maximum Gasteiger partial charge on any atom is 0.170 e. The van der Waals surface area contributed by atoms with Crippen molar-refractivity contribution in [2.24, 2.45) is 0 Å². The smallest absolute Gasteiger partial charge is 0.170 e. The molecule has 21 heavy (non-hydrogen) atoms. The van der Waals surface area contributed by atoms with Crippen molar-refractivity contribution in [1.29, 1.82) is 0 Å². The van der Waals surface area contributed by atoms with Crippen LogP contribution in [0.3, 0.4) is 0 Å². The van der Waals surface area contributed by atoms with Crippen molar-refractivity contribution >= 4 is 15.9 Å². The van der Waals surface area contributed by atoms with Crippen LogP contribution in [0.2, 0.25) is 0 Å². The summed E-state index contributed by atoms with van der Waals surface area (Å²) in [4.78, 5) is 2.65. The second kappa shape index (κ2) is 5.65. The number of benzene rings is 1. The molecule has 0 radical (unpaired) electrons. The van der Waals surface area contributed by atoms with Crippen LogP contribution in [0.15, 0.2) is 22.7 Å². The third-order valence-corrected chi connectivity index (χ3v) is 5.75. The lowest BCUT2D eigenvalue weighted by atomic mass is 9.86. The van der Waals surface area contributed by atoms with Gasteiger partial charge in [0, 0.05) is 36.4 Å². The van der Waals surface area contributed by atoms with Crippen LogP contribution in [0.5, 0.6) is 0 Å². The molecule has 114 valence electrons. The Bertz CT molecular complexity index is 518. The number of likely N-dealkylation sites (tertiary alicyclic amines) is 1. The molecular formula is C17H22BrNO2. The molecule has 1 spiro atoms. The summed E-state index contributed by atoms with van der Waals surface area (Å²) in [5.74, 6) is -0.242. The number of nitrogens with zero attached hydrogens (tertiary/aromatic N) is 1. The van der Waals surface area contributed by atoms with Gasteiger partial charge in [0.05, 0.1) is 13.2 Å². The number of ether oxygens (including phenoxy) is 2. The zero-order valence-electron chi connectivity index (χ0n) is 12.3. The lowest BCUT2D eigenvalue weighted by molar-refractivity contribution is -0.188. The first-order valence-corrected chi connectivity index (χ1v) is 8.83. The minimum Gasteiger partial charge on any atom is -0.347 e. The van der Waals surface area contributed by atoms with Gasteiger partial charge < -0.3 is 9.47 Å². The predicted octanol–water partition coefficient (Wildman–Crippen LogP) is 3.15. The average molecular weight is 352 g/mol. The monoisotopic (exact) mass is 351 g/mol. The highest BCUT2D eigenvalue weighted by molar-refractivity contribution is 9.10. The molecule has 2 fully saturated rings. The summed E-state index contributed by atoms with van der Waals surface area (Å²) in [5, 5.41) is 0. The van der Waals surface area contributed by atoms with Crippen molar-refractivity contribution in [3.8, 4) is 0 Å². The van der Waals surface area contributed by atoms with E-state index < -0.39 is 0 Å². The van der Waals surface area contributed by atoms with Gasteiger partial charge >= 0.3 is 0 Å². The molecule has 1 aromatic carbocycles. The summed E-state index contributed by atoms with van der Waals surface area (Å²) in [6, 6.07) is 7.45. The van der Waals surface area contributed by atoms with Crippen LogP contribution < -0.4 is 0 Å². The lowest BCUT2D eigenvalue weighted by Gasteiger charge is -2.42. The van der Waals surface area contributed by atoms with E-state index >= 15 is 0 Å². The lowest BCUT2D eigenvalue weighted by Crippen LogP contribution is -2.50. The van der Waals surface area contributed by atoms with Crippen LogP contribution in [0, 0.1) is 0 Å². The van der Waals surface area contributed by atoms with Crippen LogP contribution in [0.1, 0.15) is 30.4 Å². The fraction of sp³-hybridized carbons (Fsp3) is 0.647. The van der Waals surface area contributed by atoms with Gasteiger partial charge in [-0.15, -0.1) is 0 Å². The molecular weight excluding hydrogens is 330 g/mol. The predicted molar refractivity (Wildman–Crippen MR) is 85.4 cm³/mol. The molecule has 2 saturated heterocycles. The third-order valence-electron chi connectivity index (χ3n) is 5.26. The summed E-state index contributed by atoms with van der Waals surface area (Å²) in [7, 11) is 0. The van der Waals surface area contributed by atoms with Gasteiger partial charge in [0.1, 0.15) is 0 Å². The molecule has 0 amide bonds. The molecule has 3 nitrogen and oxygen atoms in total. The molecule has 4 heteroatoms. The standard InChI is InChI=1S/C17H22BrNO2/c18-15-3-1-14-12-16(4-2-13(14)11-15)19-7-5-17(6-8-19)20-9-10-21-17/h1,3,11,16H,2,4-10,12H2/t16-/m1/s1. The first kappa shape index (κ1) is 14.2. The topological polar surface area (TPSA) is 21.7 Å². The van der Waals surface area contributed by atoms with Crippen LogP contribution in [0.25, 0.3) is 0 Å². The van der Waals surface area contributed by atoms with Gasteiger partial charge in [-0.25, -0.2) is 0 Å². The molecule has 1 atom stereocenters. The summed E-state index contributed by atoms with van der Waals surface area (Å²) in [6.07, 6.45) is 5.72. The van der Waals surface area contributed by atoms with Crippen molar-refractivity contribution < 1.29 is 9.47 Å². The van der Waals surface area contributed by atoms with Gasteiger partial charge in [0.2, 0.25) is 0 Å². The van der Waals surface area contributed by atoms with Crippen molar-refractivity contribution in [3.63, 3.8) is 0 Å². The van der Waals surface area contributed by atoms with Gasteiger partial charge in [-0.05, 0) is 42.5 Å². The highest BCUT2D eigenvalue weighted by atomic mass is 79.9. The second-order valence-electron chi connectivity index (χ2n) is 6.45. The fourth-order valence-corrected chi connectivity index (χ4v) is 4.44. The van der Waals surface area contributed by atoms with Gasteiger partial charge in [-0.3, -0.25) is 4.90 Å². The number of piperidine rings is 1. The average Bonchev–Trinajstić information content (AvgIpc) is 2.96. The highest BCUT2D eigenvalue weighted by Gasteiger charge is 2.41. The van der Waals surface area contributed by atoms with Gasteiger partial charge in [-0.2, -0.15) is 0 Å². The van der Waals surface area contributed by atoms with Crippen molar-refractivity contribution in [1.82, 2.24) is 4.90 Å². The van der Waals surface area contributed by atoms with Crippen LogP contribution >= 0.6 is 15.9 Å². The van der Waals surface area contributed by atoms with E-state index in [1.54, 1.807) is 0 Å². The molecule has 0 aromatic heterocycles. The Labute approximate surface area is 134 Å². The Hall–Kier alpha value is -0.420. The molecule has 0 N–H and O–H groups in total. The summed E-state index contributed by atoms with van der Waals surface area (Å²) >= 11 is 3.58. The van der Waals surface area contributed by atoms with Crippen molar-refractivity contribution in [2.45, 2.75) is 43.9 Å². The number of hydrogen-bond acceptors (Lipinski definition) is 3. The quantitative estimate of drug-likeness (QED) is 0.775. The molecule has 0 unspecified atom stereocenters. The van der Waals surface area contributed by atoms with E-state index in [0.29, 0.717) is 6.04 Å². The van der Waals surface area contributed by atoms with Gasteiger partial charge in [0.15, 0.2) is 5.79 Å². The minimum atomic E-state index is -0.242. The first-order chi connectivity index (χ1) is 10.2.